The topological polar surface area (TPSA) is 66.0 Å². The predicted molar refractivity (Wildman–Crippen MR) is 89.4 cm³/mol. The molecule has 0 saturated carbocycles. The fourth-order valence-corrected chi connectivity index (χ4v) is 2.42. The van der Waals surface area contributed by atoms with Gasteiger partial charge in [-0.25, -0.2) is 0 Å². The Bertz CT molecular complexity index is 540. The molecule has 7 heteroatoms. The summed E-state index contributed by atoms with van der Waals surface area (Å²) in [6.45, 7) is 3.78. The van der Waals surface area contributed by atoms with Gasteiger partial charge in [0.2, 0.25) is 17.8 Å². The summed E-state index contributed by atoms with van der Waals surface area (Å²) in [5.74, 6) is 1.89. The predicted octanol–water partition coefficient (Wildman–Crippen LogP) is 2.48. The summed E-state index contributed by atoms with van der Waals surface area (Å²) < 4.78 is 0. The van der Waals surface area contributed by atoms with Crippen LogP contribution in [0.1, 0.15) is 18.2 Å². The monoisotopic (exact) mass is 306 g/mol. The van der Waals surface area contributed by atoms with Crippen LogP contribution in [0.25, 0.3) is 0 Å². The molecule has 0 unspecified atom stereocenters. The SMILES string of the molecule is CCCNc1nc(NCCc2cccs2)nc(N(C)C)n1. The Morgan fingerprint density at radius 1 is 1.10 bits per heavy atom. The first-order valence-corrected chi connectivity index (χ1v) is 8.00. The van der Waals surface area contributed by atoms with E-state index in [2.05, 4.69) is 50.0 Å². The molecule has 2 N–H and O–H groups in total. The van der Waals surface area contributed by atoms with E-state index in [1.54, 1.807) is 11.3 Å². The maximum absolute atomic E-state index is 4.42. The third kappa shape index (κ3) is 4.86. The zero-order valence-electron chi connectivity index (χ0n) is 12.8. The Morgan fingerprint density at radius 2 is 1.81 bits per heavy atom. The molecule has 0 aromatic carbocycles. The largest absolute Gasteiger partial charge is 0.354 e. The van der Waals surface area contributed by atoms with Gasteiger partial charge in [-0.3, -0.25) is 0 Å². The third-order valence-corrected chi connectivity index (χ3v) is 3.73. The maximum atomic E-state index is 4.42. The Kier molecular flexibility index (Phi) is 5.74. The Balaban J connectivity index is 2.00. The number of nitrogens with one attached hydrogen (secondary N) is 2. The molecule has 0 spiro atoms. The molecule has 0 radical (unpaired) electrons. The lowest BCUT2D eigenvalue weighted by molar-refractivity contribution is 0.906. The minimum absolute atomic E-state index is 0.615. The zero-order valence-corrected chi connectivity index (χ0v) is 13.6. The van der Waals surface area contributed by atoms with Crippen molar-refractivity contribution >= 4 is 29.2 Å². The van der Waals surface area contributed by atoms with Crippen LogP contribution in [-0.4, -0.2) is 42.1 Å². The number of thiophene rings is 1. The summed E-state index contributed by atoms with van der Waals surface area (Å²) in [5.41, 5.74) is 0. The molecule has 2 aromatic rings. The van der Waals surface area contributed by atoms with Crippen LogP contribution in [0, 0.1) is 0 Å². The highest BCUT2D eigenvalue weighted by molar-refractivity contribution is 7.09. The van der Waals surface area contributed by atoms with Crippen molar-refractivity contribution < 1.29 is 0 Å². The standard InChI is InChI=1S/C14H22N6S/c1-4-8-15-12-17-13(19-14(18-12)20(2)3)16-9-7-11-6-5-10-21-11/h5-6,10H,4,7-9H2,1-3H3,(H2,15,16,17,18,19). The van der Waals surface area contributed by atoms with E-state index >= 15 is 0 Å². The highest BCUT2D eigenvalue weighted by Gasteiger charge is 2.07. The normalized spacial score (nSPS) is 10.4. The van der Waals surface area contributed by atoms with Crippen LogP contribution < -0.4 is 15.5 Å². The van der Waals surface area contributed by atoms with E-state index in [1.165, 1.54) is 4.88 Å². The van der Waals surface area contributed by atoms with Crippen LogP contribution in [0.4, 0.5) is 17.8 Å². The second-order valence-electron chi connectivity index (χ2n) is 4.86. The van der Waals surface area contributed by atoms with E-state index in [0.717, 1.165) is 25.9 Å². The van der Waals surface area contributed by atoms with Gasteiger partial charge in [-0.2, -0.15) is 15.0 Å². The molecule has 0 saturated heterocycles. The molecule has 0 amide bonds. The van der Waals surface area contributed by atoms with Gasteiger partial charge in [0.05, 0.1) is 0 Å². The molecule has 2 heterocycles. The van der Waals surface area contributed by atoms with Crippen molar-refractivity contribution in [2.45, 2.75) is 19.8 Å². The molecule has 0 fully saturated rings. The van der Waals surface area contributed by atoms with E-state index in [0.29, 0.717) is 17.8 Å². The first-order valence-electron chi connectivity index (χ1n) is 7.12. The molecule has 0 atom stereocenters. The quantitative estimate of drug-likeness (QED) is 0.781. The molecular weight excluding hydrogens is 284 g/mol. The van der Waals surface area contributed by atoms with Gasteiger partial charge in [0.1, 0.15) is 0 Å². The smallest absolute Gasteiger partial charge is 0.231 e. The Morgan fingerprint density at radius 3 is 2.38 bits per heavy atom. The second kappa shape index (κ2) is 7.78. The minimum Gasteiger partial charge on any atom is -0.354 e. The number of hydrogen-bond acceptors (Lipinski definition) is 7. The minimum atomic E-state index is 0.615. The van der Waals surface area contributed by atoms with Crippen LogP contribution in [0.2, 0.25) is 0 Å². The highest BCUT2D eigenvalue weighted by atomic mass is 32.1. The lowest BCUT2D eigenvalue weighted by Crippen LogP contribution is -2.18. The summed E-state index contributed by atoms with van der Waals surface area (Å²) >= 11 is 1.77. The molecule has 0 aliphatic carbocycles. The number of rotatable bonds is 8. The van der Waals surface area contributed by atoms with E-state index in [-0.39, 0.29) is 0 Å². The van der Waals surface area contributed by atoms with Crippen molar-refractivity contribution in [2.75, 3.05) is 42.7 Å². The number of anilines is 3. The summed E-state index contributed by atoms with van der Waals surface area (Å²) in [6.07, 6.45) is 2.00. The molecule has 0 aliphatic heterocycles. The van der Waals surface area contributed by atoms with E-state index in [4.69, 9.17) is 0 Å². The lowest BCUT2D eigenvalue weighted by Gasteiger charge is -2.13. The summed E-state index contributed by atoms with van der Waals surface area (Å²) in [5, 5.41) is 8.57. The first kappa shape index (κ1) is 15.5. The van der Waals surface area contributed by atoms with Gasteiger partial charge in [0.25, 0.3) is 0 Å². The van der Waals surface area contributed by atoms with Crippen LogP contribution in [0.5, 0.6) is 0 Å². The first-order chi connectivity index (χ1) is 10.2. The van der Waals surface area contributed by atoms with Gasteiger partial charge in [-0.05, 0) is 24.3 Å². The van der Waals surface area contributed by atoms with Gasteiger partial charge < -0.3 is 15.5 Å². The molecule has 0 bridgehead atoms. The van der Waals surface area contributed by atoms with Gasteiger partial charge >= 0.3 is 0 Å². The van der Waals surface area contributed by atoms with E-state index < -0.39 is 0 Å². The Hall–Kier alpha value is -1.89. The second-order valence-corrected chi connectivity index (χ2v) is 5.89. The van der Waals surface area contributed by atoms with E-state index in [1.807, 2.05) is 19.0 Å². The molecule has 21 heavy (non-hydrogen) atoms. The van der Waals surface area contributed by atoms with Crippen molar-refractivity contribution in [3.63, 3.8) is 0 Å². The highest BCUT2D eigenvalue weighted by Crippen LogP contribution is 2.13. The van der Waals surface area contributed by atoms with Crippen molar-refractivity contribution in [1.82, 2.24) is 15.0 Å². The summed E-state index contributed by atoms with van der Waals surface area (Å²) in [4.78, 5) is 16.4. The van der Waals surface area contributed by atoms with Crippen molar-refractivity contribution in [3.05, 3.63) is 22.4 Å². The molecule has 0 aliphatic rings. The van der Waals surface area contributed by atoms with Crippen molar-refractivity contribution in [1.29, 1.82) is 0 Å². The Labute approximate surface area is 129 Å². The lowest BCUT2D eigenvalue weighted by atomic mass is 10.3. The van der Waals surface area contributed by atoms with Gasteiger partial charge in [0.15, 0.2) is 0 Å². The number of nitrogens with zero attached hydrogens (tertiary/aromatic N) is 4. The van der Waals surface area contributed by atoms with Crippen LogP contribution in [0.15, 0.2) is 17.5 Å². The molecule has 2 aromatic heterocycles. The number of aromatic nitrogens is 3. The fourth-order valence-electron chi connectivity index (χ4n) is 1.71. The van der Waals surface area contributed by atoms with Crippen LogP contribution in [-0.2, 0) is 6.42 Å². The number of hydrogen-bond donors (Lipinski definition) is 2. The average molecular weight is 306 g/mol. The van der Waals surface area contributed by atoms with Crippen molar-refractivity contribution in [2.24, 2.45) is 0 Å². The van der Waals surface area contributed by atoms with Crippen LogP contribution in [0.3, 0.4) is 0 Å². The zero-order chi connectivity index (χ0) is 15.1. The summed E-state index contributed by atoms with van der Waals surface area (Å²) in [6, 6.07) is 4.21. The molecular formula is C14H22N6S. The van der Waals surface area contributed by atoms with Gasteiger partial charge in [-0.1, -0.05) is 13.0 Å². The average Bonchev–Trinajstić information content (AvgIpc) is 2.98. The van der Waals surface area contributed by atoms with Gasteiger partial charge in [0, 0.05) is 32.1 Å². The van der Waals surface area contributed by atoms with Gasteiger partial charge in [-0.15, -0.1) is 11.3 Å². The summed E-state index contributed by atoms with van der Waals surface area (Å²) in [7, 11) is 3.85. The molecule has 6 nitrogen and oxygen atoms in total. The molecule has 2 rings (SSSR count). The third-order valence-electron chi connectivity index (χ3n) is 2.79. The van der Waals surface area contributed by atoms with Crippen molar-refractivity contribution in [3.8, 4) is 0 Å². The molecule has 114 valence electrons. The van der Waals surface area contributed by atoms with E-state index in [9.17, 15) is 0 Å². The maximum Gasteiger partial charge on any atom is 0.231 e. The van der Waals surface area contributed by atoms with Crippen LogP contribution >= 0.6 is 11.3 Å². The fraction of sp³-hybridized carbons (Fsp3) is 0.500.